The highest BCUT2D eigenvalue weighted by Crippen LogP contribution is 2.41. The van der Waals surface area contributed by atoms with E-state index in [1.165, 1.54) is 0 Å². The molecule has 0 N–H and O–H groups in total. The Hall–Kier alpha value is -0.930. The van der Waals surface area contributed by atoms with Crippen LogP contribution in [0.2, 0.25) is 0 Å². The Bertz CT molecular complexity index is 615. The molecule has 30 heavy (non-hydrogen) atoms. The van der Waals surface area contributed by atoms with Crippen LogP contribution in [-0.2, 0) is 28.4 Å². The van der Waals surface area contributed by atoms with Crippen LogP contribution in [0.3, 0.4) is 0 Å². The minimum absolute atomic E-state index is 0.193. The maximum atomic E-state index is 12.7. The summed E-state index contributed by atoms with van der Waals surface area (Å²) in [6.45, 7) is 16.3. The summed E-state index contributed by atoms with van der Waals surface area (Å²) in [6.07, 6.45) is 0.873. The molecule has 3 heterocycles. The smallest absolute Gasteiger partial charge is 0.412 e. The summed E-state index contributed by atoms with van der Waals surface area (Å²) in [5, 5.41) is 0. The monoisotopic (exact) mass is 429 g/mol. The third kappa shape index (κ3) is 5.46. The highest BCUT2D eigenvalue weighted by atomic mass is 16.8. The molecule has 8 nitrogen and oxygen atoms in total. The van der Waals surface area contributed by atoms with Crippen LogP contribution in [0.1, 0.15) is 74.7 Å². The van der Waals surface area contributed by atoms with Gasteiger partial charge in [-0.2, -0.15) is 0 Å². The van der Waals surface area contributed by atoms with Crippen molar-refractivity contribution in [3.63, 3.8) is 0 Å². The maximum Gasteiger partial charge on any atom is 0.412 e. The van der Waals surface area contributed by atoms with E-state index in [9.17, 15) is 4.79 Å². The molecule has 0 aliphatic carbocycles. The summed E-state index contributed by atoms with van der Waals surface area (Å²) in [5.74, 6) is -0.688. The molecule has 0 aromatic carbocycles. The van der Waals surface area contributed by atoms with Crippen molar-refractivity contribution >= 4 is 6.09 Å². The second-order valence-electron chi connectivity index (χ2n) is 10.3. The van der Waals surface area contributed by atoms with Crippen molar-refractivity contribution in [2.45, 2.75) is 122 Å². The molecule has 3 saturated heterocycles. The predicted molar refractivity (Wildman–Crippen MR) is 110 cm³/mol. The molecule has 0 unspecified atom stereocenters. The number of hydrogen-bond acceptors (Lipinski definition) is 7. The van der Waals surface area contributed by atoms with E-state index in [0.717, 1.165) is 12.8 Å². The third-order valence-electron chi connectivity index (χ3n) is 5.50. The summed E-state index contributed by atoms with van der Waals surface area (Å²) in [6, 6.07) is 0. The Kier molecular flexibility index (Phi) is 6.76. The van der Waals surface area contributed by atoms with Gasteiger partial charge in [-0.25, -0.2) is 4.79 Å². The molecule has 0 aromatic rings. The lowest BCUT2D eigenvalue weighted by Gasteiger charge is -2.31. The van der Waals surface area contributed by atoms with E-state index in [0.29, 0.717) is 19.6 Å². The minimum Gasteiger partial charge on any atom is -0.444 e. The fourth-order valence-corrected chi connectivity index (χ4v) is 4.23. The topological polar surface area (TPSA) is 75.7 Å². The van der Waals surface area contributed by atoms with Crippen molar-refractivity contribution in [2.24, 2.45) is 0 Å². The first kappa shape index (κ1) is 23.7. The Morgan fingerprint density at radius 1 is 1.13 bits per heavy atom. The molecule has 0 bridgehead atoms. The van der Waals surface area contributed by atoms with Gasteiger partial charge in [-0.05, 0) is 54.9 Å². The van der Waals surface area contributed by atoms with Gasteiger partial charge in [0.25, 0.3) is 0 Å². The van der Waals surface area contributed by atoms with Crippen LogP contribution < -0.4 is 0 Å². The van der Waals surface area contributed by atoms with Crippen molar-refractivity contribution in [3.05, 3.63) is 0 Å². The van der Waals surface area contributed by atoms with E-state index in [4.69, 9.17) is 28.4 Å². The average Bonchev–Trinajstić information content (AvgIpc) is 3.14. The summed E-state index contributed by atoms with van der Waals surface area (Å²) in [7, 11) is 0. The van der Waals surface area contributed by atoms with Crippen molar-refractivity contribution < 1.29 is 33.2 Å². The van der Waals surface area contributed by atoms with Crippen molar-refractivity contribution in [1.82, 2.24) is 4.90 Å². The first-order valence-corrected chi connectivity index (χ1v) is 11.1. The minimum atomic E-state index is -0.755. The fourth-order valence-electron chi connectivity index (χ4n) is 4.23. The molecule has 0 spiro atoms. The molecule has 3 rings (SSSR count). The number of carbonyl (C=O) groups is 1. The van der Waals surface area contributed by atoms with Gasteiger partial charge in [0.15, 0.2) is 12.1 Å². The Balaban J connectivity index is 1.65. The molecule has 1 amide bonds. The lowest BCUT2D eigenvalue weighted by molar-refractivity contribution is -0.221. The van der Waals surface area contributed by atoms with Crippen LogP contribution in [-0.4, -0.2) is 72.0 Å². The second-order valence-corrected chi connectivity index (χ2v) is 10.3. The van der Waals surface area contributed by atoms with E-state index in [1.54, 1.807) is 4.90 Å². The highest BCUT2D eigenvalue weighted by molar-refractivity contribution is 5.69. The van der Waals surface area contributed by atoms with E-state index in [1.807, 2.05) is 48.5 Å². The zero-order chi connectivity index (χ0) is 22.3. The number of carbonyl (C=O) groups excluding carboxylic acids is 1. The van der Waals surface area contributed by atoms with Gasteiger partial charge in [0.2, 0.25) is 0 Å². The van der Waals surface area contributed by atoms with Gasteiger partial charge in [0.1, 0.15) is 23.5 Å². The quantitative estimate of drug-likeness (QED) is 0.594. The highest BCUT2D eigenvalue weighted by Gasteiger charge is 2.56. The summed E-state index contributed by atoms with van der Waals surface area (Å²) < 4.78 is 36.1. The Morgan fingerprint density at radius 3 is 2.47 bits per heavy atom. The summed E-state index contributed by atoms with van der Waals surface area (Å²) in [4.78, 5) is 14.3. The lowest BCUT2D eigenvalue weighted by atomic mass is 10.0. The van der Waals surface area contributed by atoms with Crippen LogP contribution in [0.15, 0.2) is 0 Å². The van der Waals surface area contributed by atoms with Crippen molar-refractivity contribution in [3.8, 4) is 0 Å². The lowest BCUT2D eigenvalue weighted by Crippen LogP contribution is -2.46. The van der Waals surface area contributed by atoms with Crippen molar-refractivity contribution in [2.75, 3.05) is 13.2 Å². The third-order valence-corrected chi connectivity index (χ3v) is 5.50. The first-order valence-electron chi connectivity index (χ1n) is 11.1. The number of fused-ring (bicyclic) bond motifs is 1. The Labute approximate surface area is 180 Å². The molecule has 8 heteroatoms. The molecule has 3 aliphatic rings. The predicted octanol–water partition coefficient (Wildman–Crippen LogP) is 3.81. The van der Waals surface area contributed by atoms with Gasteiger partial charge in [-0.15, -0.1) is 0 Å². The number of nitrogens with zero attached hydrogens (tertiary/aromatic N) is 1. The molecular weight excluding hydrogens is 390 g/mol. The zero-order valence-corrected chi connectivity index (χ0v) is 19.7. The van der Waals surface area contributed by atoms with Crippen LogP contribution in [0.4, 0.5) is 4.79 Å². The fraction of sp³-hybridized carbons (Fsp3) is 0.955. The van der Waals surface area contributed by atoms with Gasteiger partial charge in [0.05, 0.1) is 18.8 Å². The number of amides is 1. The molecule has 0 radical (unpaired) electrons. The van der Waals surface area contributed by atoms with Gasteiger partial charge >= 0.3 is 6.09 Å². The van der Waals surface area contributed by atoms with Gasteiger partial charge in [0, 0.05) is 13.0 Å². The molecule has 0 aromatic heterocycles. The SMILES string of the molecule is CCCCO[C@@H]1[C@H]2OC(C)(C)O[C@H]2O[C@@H]1C[C@H]1CN(C(=O)OC(C)(C)C)C(C)(C)O1. The normalized spacial score (nSPS) is 34.9. The van der Waals surface area contributed by atoms with Gasteiger partial charge in [-0.1, -0.05) is 13.3 Å². The van der Waals surface area contributed by atoms with Gasteiger partial charge < -0.3 is 28.4 Å². The summed E-state index contributed by atoms with van der Waals surface area (Å²) >= 11 is 0. The number of rotatable bonds is 6. The molecular formula is C22H39NO7. The van der Waals surface area contributed by atoms with Crippen molar-refractivity contribution in [1.29, 1.82) is 0 Å². The van der Waals surface area contributed by atoms with Crippen LogP contribution in [0.5, 0.6) is 0 Å². The zero-order valence-electron chi connectivity index (χ0n) is 19.7. The molecule has 3 fully saturated rings. The van der Waals surface area contributed by atoms with E-state index in [-0.39, 0.29) is 30.5 Å². The van der Waals surface area contributed by atoms with E-state index < -0.39 is 23.4 Å². The number of unbranched alkanes of at least 4 members (excludes halogenated alkanes) is 1. The Morgan fingerprint density at radius 2 is 1.83 bits per heavy atom. The maximum absolute atomic E-state index is 12.7. The largest absolute Gasteiger partial charge is 0.444 e. The molecule has 5 atom stereocenters. The van der Waals surface area contributed by atoms with E-state index >= 15 is 0 Å². The first-order chi connectivity index (χ1) is 13.8. The van der Waals surface area contributed by atoms with Crippen LogP contribution in [0.25, 0.3) is 0 Å². The molecule has 174 valence electrons. The standard InChI is InChI=1S/C22H39NO7/c1-9-10-11-25-16-15(26-18-17(16)28-22(7,8)29-18)12-14-13-23(21(5,6)27-14)19(24)30-20(2,3)4/h14-18H,9-13H2,1-8H3/t14-,15+,16-,17+,18+/m0/s1. The number of ether oxygens (including phenoxy) is 6. The number of hydrogen-bond donors (Lipinski definition) is 0. The average molecular weight is 430 g/mol. The van der Waals surface area contributed by atoms with E-state index in [2.05, 4.69) is 6.92 Å². The molecule has 3 aliphatic heterocycles. The second kappa shape index (κ2) is 8.54. The van der Waals surface area contributed by atoms with Crippen LogP contribution in [0, 0.1) is 0 Å². The van der Waals surface area contributed by atoms with Gasteiger partial charge in [-0.3, -0.25) is 4.90 Å². The van der Waals surface area contributed by atoms with Crippen LogP contribution >= 0.6 is 0 Å². The summed E-state index contributed by atoms with van der Waals surface area (Å²) in [5.41, 5.74) is -1.31. The molecule has 0 saturated carbocycles.